The molecule has 6 nitrogen and oxygen atoms in total. The van der Waals surface area contributed by atoms with Gasteiger partial charge in [0.05, 0.1) is 23.1 Å². The fourth-order valence-electron chi connectivity index (χ4n) is 2.12. The monoisotopic (exact) mass is 315 g/mol. The number of nitrogens with zero attached hydrogens (tertiary/aromatic N) is 2. The molecule has 7 heteroatoms. The Labute approximate surface area is 130 Å². The zero-order chi connectivity index (χ0) is 15.5. The Morgan fingerprint density at radius 2 is 2.14 bits per heavy atom. The van der Waals surface area contributed by atoms with E-state index in [4.69, 9.17) is 4.74 Å². The average Bonchev–Trinajstić information content (AvgIpc) is 2.95. The van der Waals surface area contributed by atoms with Crippen molar-refractivity contribution in [2.75, 3.05) is 7.11 Å². The lowest BCUT2D eigenvalue weighted by Gasteiger charge is -2.06. The molecular weight excluding hydrogens is 302 g/mol. The number of hydrogen-bond donors (Lipinski definition) is 1. The van der Waals surface area contributed by atoms with Crippen LogP contribution in [-0.2, 0) is 5.75 Å². The second kappa shape index (κ2) is 6.07. The van der Waals surface area contributed by atoms with Crippen LogP contribution in [0.3, 0.4) is 0 Å². The van der Waals surface area contributed by atoms with Crippen LogP contribution in [0.15, 0.2) is 47.6 Å². The summed E-state index contributed by atoms with van der Waals surface area (Å²) in [5, 5.41) is 11.5. The van der Waals surface area contributed by atoms with Crippen molar-refractivity contribution in [1.82, 2.24) is 9.97 Å². The first-order chi connectivity index (χ1) is 10.7. The van der Waals surface area contributed by atoms with Crippen molar-refractivity contribution in [3.05, 3.63) is 58.1 Å². The maximum Gasteiger partial charge on any atom is 0.271 e. The topological polar surface area (TPSA) is 81.1 Å². The summed E-state index contributed by atoms with van der Waals surface area (Å²) in [6.07, 6.45) is 0. The van der Waals surface area contributed by atoms with Crippen LogP contribution in [-0.4, -0.2) is 22.0 Å². The largest absolute Gasteiger partial charge is 0.496 e. The molecule has 0 aliphatic carbocycles. The van der Waals surface area contributed by atoms with Crippen LogP contribution in [0.1, 0.15) is 5.56 Å². The van der Waals surface area contributed by atoms with E-state index in [-0.39, 0.29) is 5.69 Å². The Bertz CT molecular complexity index is 832. The number of benzene rings is 2. The van der Waals surface area contributed by atoms with Gasteiger partial charge in [-0.1, -0.05) is 30.0 Å². The number of para-hydroxylation sites is 1. The SMILES string of the molecule is COc1ccccc1CSc1nc2ccc([N+](=O)[O-])cc2[nH]1. The molecule has 0 amide bonds. The van der Waals surface area contributed by atoms with Crippen molar-refractivity contribution in [1.29, 1.82) is 0 Å². The molecule has 3 rings (SSSR count). The molecule has 0 aliphatic heterocycles. The standard InChI is InChI=1S/C15H13N3O3S/c1-21-14-5-3-2-4-10(14)9-22-15-16-12-7-6-11(18(19)20)8-13(12)17-15/h2-8H,9H2,1H3,(H,16,17). The normalized spacial score (nSPS) is 10.8. The summed E-state index contributed by atoms with van der Waals surface area (Å²) in [6, 6.07) is 12.4. The Hall–Kier alpha value is -2.54. The van der Waals surface area contributed by atoms with Gasteiger partial charge in [0.25, 0.3) is 5.69 Å². The highest BCUT2D eigenvalue weighted by Gasteiger charge is 2.10. The van der Waals surface area contributed by atoms with Gasteiger partial charge in [-0.2, -0.15) is 0 Å². The van der Waals surface area contributed by atoms with Crippen LogP contribution < -0.4 is 4.74 Å². The van der Waals surface area contributed by atoms with Crippen molar-refractivity contribution < 1.29 is 9.66 Å². The van der Waals surface area contributed by atoms with Crippen LogP contribution >= 0.6 is 11.8 Å². The molecule has 0 unspecified atom stereocenters. The average molecular weight is 315 g/mol. The molecule has 3 aromatic rings. The lowest BCUT2D eigenvalue weighted by atomic mass is 10.2. The highest BCUT2D eigenvalue weighted by Crippen LogP contribution is 2.28. The lowest BCUT2D eigenvalue weighted by Crippen LogP contribution is -1.89. The van der Waals surface area contributed by atoms with Crippen molar-refractivity contribution in [3.63, 3.8) is 0 Å². The first kappa shape index (κ1) is 14.4. The molecule has 1 heterocycles. The zero-order valence-corrected chi connectivity index (χ0v) is 12.6. The number of aromatic amines is 1. The van der Waals surface area contributed by atoms with E-state index in [0.717, 1.165) is 16.5 Å². The van der Waals surface area contributed by atoms with Gasteiger partial charge in [-0.15, -0.1) is 0 Å². The van der Waals surface area contributed by atoms with Crippen LogP contribution in [0, 0.1) is 10.1 Å². The maximum atomic E-state index is 10.8. The summed E-state index contributed by atoms with van der Waals surface area (Å²) in [4.78, 5) is 17.9. The Kier molecular flexibility index (Phi) is 3.97. The van der Waals surface area contributed by atoms with Gasteiger partial charge in [0.15, 0.2) is 5.16 Å². The summed E-state index contributed by atoms with van der Waals surface area (Å²) in [6.45, 7) is 0. The van der Waals surface area contributed by atoms with Crippen molar-refractivity contribution in [2.24, 2.45) is 0 Å². The third-order valence-corrected chi connectivity index (χ3v) is 4.13. The van der Waals surface area contributed by atoms with Crippen LogP contribution in [0.4, 0.5) is 5.69 Å². The smallest absolute Gasteiger partial charge is 0.271 e. The summed E-state index contributed by atoms with van der Waals surface area (Å²) in [5.74, 6) is 1.54. The van der Waals surface area contributed by atoms with Gasteiger partial charge in [-0.05, 0) is 12.1 Å². The molecule has 2 aromatic carbocycles. The fraction of sp³-hybridized carbons (Fsp3) is 0.133. The highest BCUT2D eigenvalue weighted by atomic mass is 32.2. The summed E-state index contributed by atoms with van der Waals surface area (Å²) >= 11 is 1.53. The van der Waals surface area contributed by atoms with Crippen LogP contribution in [0.5, 0.6) is 5.75 Å². The van der Waals surface area contributed by atoms with E-state index in [1.165, 1.54) is 23.9 Å². The summed E-state index contributed by atoms with van der Waals surface area (Å²) in [5.41, 5.74) is 2.50. The van der Waals surface area contributed by atoms with Gasteiger partial charge in [0.1, 0.15) is 5.75 Å². The van der Waals surface area contributed by atoms with Crippen molar-refractivity contribution >= 4 is 28.5 Å². The molecule has 0 fully saturated rings. The number of imidazole rings is 1. The van der Waals surface area contributed by atoms with Crippen molar-refractivity contribution in [2.45, 2.75) is 10.9 Å². The van der Waals surface area contributed by atoms with Gasteiger partial charge in [0, 0.05) is 23.4 Å². The van der Waals surface area contributed by atoms with Gasteiger partial charge in [-0.3, -0.25) is 10.1 Å². The van der Waals surface area contributed by atoms with Gasteiger partial charge in [-0.25, -0.2) is 4.98 Å². The van der Waals surface area contributed by atoms with Crippen LogP contribution in [0.2, 0.25) is 0 Å². The number of thioether (sulfide) groups is 1. The molecule has 1 N–H and O–H groups in total. The number of fused-ring (bicyclic) bond motifs is 1. The molecule has 0 radical (unpaired) electrons. The van der Waals surface area contributed by atoms with Gasteiger partial charge in [0.2, 0.25) is 0 Å². The molecule has 1 aromatic heterocycles. The number of nitro benzene ring substituents is 1. The van der Waals surface area contributed by atoms with Gasteiger partial charge >= 0.3 is 0 Å². The molecule has 0 aliphatic rings. The number of nitrogens with one attached hydrogen (secondary N) is 1. The number of aromatic nitrogens is 2. The number of hydrogen-bond acceptors (Lipinski definition) is 5. The molecular formula is C15H13N3O3S. The molecule has 0 saturated heterocycles. The molecule has 0 atom stereocenters. The number of nitro groups is 1. The van der Waals surface area contributed by atoms with Crippen molar-refractivity contribution in [3.8, 4) is 5.75 Å². The minimum Gasteiger partial charge on any atom is -0.496 e. The summed E-state index contributed by atoms with van der Waals surface area (Å²) < 4.78 is 5.32. The second-order valence-corrected chi connectivity index (χ2v) is 5.57. The third kappa shape index (κ3) is 2.89. The molecule has 0 saturated carbocycles. The quantitative estimate of drug-likeness (QED) is 0.440. The Morgan fingerprint density at radius 1 is 1.32 bits per heavy atom. The van der Waals surface area contributed by atoms with Crippen LogP contribution in [0.25, 0.3) is 11.0 Å². The predicted octanol–water partition coefficient (Wildman–Crippen LogP) is 3.77. The maximum absolute atomic E-state index is 10.8. The number of rotatable bonds is 5. The van der Waals surface area contributed by atoms with E-state index in [1.54, 1.807) is 13.2 Å². The Balaban J connectivity index is 1.81. The van der Waals surface area contributed by atoms with E-state index in [2.05, 4.69) is 9.97 Å². The predicted molar refractivity (Wildman–Crippen MR) is 85.3 cm³/mol. The van der Waals surface area contributed by atoms with E-state index in [9.17, 15) is 10.1 Å². The number of H-pyrrole nitrogens is 1. The first-order valence-electron chi connectivity index (χ1n) is 6.56. The third-order valence-electron chi connectivity index (χ3n) is 3.21. The van der Waals surface area contributed by atoms with E-state index in [1.807, 2.05) is 24.3 Å². The lowest BCUT2D eigenvalue weighted by molar-refractivity contribution is -0.384. The fourth-order valence-corrected chi connectivity index (χ4v) is 3.00. The zero-order valence-electron chi connectivity index (χ0n) is 11.8. The van der Waals surface area contributed by atoms with E-state index < -0.39 is 4.92 Å². The number of non-ortho nitro benzene ring substituents is 1. The minimum atomic E-state index is -0.415. The molecule has 22 heavy (non-hydrogen) atoms. The number of ether oxygens (including phenoxy) is 1. The molecule has 0 spiro atoms. The van der Waals surface area contributed by atoms with E-state index in [0.29, 0.717) is 16.8 Å². The van der Waals surface area contributed by atoms with Gasteiger partial charge < -0.3 is 9.72 Å². The Morgan fingerprint density at radius 3 is 2.91 bits per heavy atom. The minimum absolute atomic E-state index is 0.0532. The highest BCUT2D eigenvalue weighted by molar-refractivity contribution is 7.98. The van der Waals surface area contributed by atoms with E-state index >= 15 is 0 Å². The molecule has 112 valence electrons. The first-order valence-corrected chi connectivity index (χ1v) is 7.55. The molecule has 0 bridgehead atoms. The second-order valence-electron chi connectivity index (χ2n) is 4.60. The number of methoxy groups -OCH3 is 1. The summed E-state index contributed by atoms with van der Waals surface area (Å²) in [7, 11) is 1.64.